The van der Waals surface area contributed by atoms with Gasteiger partial charge in [0.25, 0.3) is 0 Å². The summed E-state index contributed by atoms with van der Waals surface area (Å²) >= 11 is 0. The summed E-state index contributed by atoms with van der Waals surface area (Å²) in [6.07, 6.45) is 0. The first-order valence-corrected chi connectivity index (χ1v) is 2.81. The molecule has 0 bridgehead atoms. The van der Waals surface area contributed by atoms with Crippen LogP contribution in [0.3, 0.4) is 0 Å². The van der Waals surface area contributed by atoms with Crippen molar-refractivity contribution in [3.8, 4) is 0 Å². The Morgan fingerprint density at radius 2 is 1.78 bits per heavy atom. The molecular formula is C5H14ClN3. The second-order valence-electron chi connectivity index (χ2n) is 1.56. The standard InChI is InChI=1S/C5H13N3.ClH/c1-3-8(4-2)5(6)7;/h3-4H2,1-2H3,(H3,6,7);1H. The molecule has 0 aliphatic rings. The fourth-order valence-electron chi connectivity index (χ4n) is 0.564. The van der Waals surface area contributed by atoms with Crippen LogP contribution in [-0.2, 0) is 0 Å². The van der Waals surface area contributed by atoms with E-state index in [0.717, 1.165) is 13.1 Å². The molecular weight excluding hydrogens is 138 g/mol. The highest BCUT2D eigenvalue weighted by molar-refractivity contribution is 5.85. The first-order chi connectivity index (χ1) is 3.72. The third-order valence-corrected chi connectivity index (χ3v) is 1.10. The Labute approximate surface area is 62.1 Å². The number of nitrogens with two attached hydrogens (primary N) is 1. The number of guanidine groups is 1. The Balaban J connectivity index is 0. The molecule has 0 saturated heterocycles. The minimum absolute atomic E-state index is 0. The van der Waals surface area contributed by atoms with Gasteiger partial charge in [-0.1, -0.05) is 0 Å². The summed E-state index contributed by atoms with van der Waals surface area (Å²) in [7, 11) is 0. The van der Waals surface area contributed by atoms with Crippen molar-refractivity contribution in [2.24, 2.45) is 5.73 Å². The lowest BCUT2D eigenvalue weighted by Crippen LogP contribution is -2.35. The smallest absolute Gasteiger partial charge is 0.188 e. The Kier molecular flexibility index (Phi) is 7.19. The van der Waals surface area contributed by atoms with Crippen molar-refractivity contribution >= 4 is 18.4 Å². The SMILES string of the molecule is CCN(CC)C(=N)N.Cl. The van der Waals surface area contributed by atoms with Gasteiger partial charge in [0, 0.05) is 13.1 Å². The molecule has 0 aromatic heterocycles. The molecule has 9 heavy (non-hydrogen) atoms. The molecule has 0 saturated carbocycles. The molecule has 0 unspecified atom stereocenters. The van der Waals surface area contributed by atoms with E-state index in [1.54, 1.807) is 4.90 Å². The Morgan fingerprint density at radius 1 is 1.44 bits per heavy atom. The van der Waals surface area contributed by atoms with E-state index >= 15 is 0 Å². The van der Waals surface area contributed by atoms with E-state index in [0.29, 0.717) is 0 Å². The van der Waals surface area contributed by atoms with Crippen LogP contribution in [0.4, 0.5) is 0 Å². The van der Waals surface area contributed by atoms with Crippen molar-refractivity contribution in [2.45, 2.75) is 13.8 Å². The first kappa shape index (κ1) is 11.4. The minimum atomic E-state index is 0. The quantitative estimate of drug-likeness (QED) is 0.450. The third kappa shape index (κ3) is 4.09. The Morgan fingerprint density at radius 3 is 1.78 bits per heavy atom. The number of nitrogens with zero attached hydrogens (tertiary/aromatic N) is 1. The van der Waals surface area contributed by atoms with Crippen molar-refractivity contribution in [1.29, 1.82) is 5.41 Å². The van der Waals surface area contributed by atoms with Crippen LogP contribution in [-0.4, -0.2) is 23.9 Å². The largest absolute Gasteiger partial charge is 0.370 e. The van der Waals surface area contributed by atoms with E-state index in [1.807, 2.05) is 13.8 Å². The summed E-state index contributed by atoms with van der Waals surface area (Å²) in [4.78, 5) is 1.78. The van der Waals surface area contributed by atoms with Crippen molar-refractivity contribution in [3.63, 3.8) is 0 Å². The Hall–Kier alpha value is -0.440. The lowest BCUT2D eigenvalue weighted by molar-refractivity contribution is 0.457. The molecule has 0 atom stereocenters. The summed E-state index contributed by atoms with van der Waals surface area (Å²) < 4.78 is 0. The van der Waals surface area contributed by atoms with Crippen LogP contribution in [0.2, 0.25) is 0 Å². The molecule has 0 heterocycles. The van der Waals surface area contributed by atoms with Gasteiger partial charge in [0.15, 0.2) is 5.96 Å². The Bertz CT molecular complexity index is 80.3. The lowest BCUT2D eigenvalue weighted by atomic mass is 10.5. The molecule has 0 rings (SSSR count). The number of nitrogens with one attached hydrogen (secondary N) is 1. The maximum atomic E-state index is 6.96. The van der Waals surface area contributed by atoms with E-state index < -0.39 is 0 Å². The van der Waals surface area contributed by atoms with Crippen LogP contribution in [0.1, 0.15) is 13.8 Å². The van der Waals surface area contributed by atoms with E-state index in [-0.39, 0.29) is 18.4 Å². The molecule has 0 radical (unpaired) electrons. The van der Waals surface area contributed by atoms with E-state index in [9.17, 15) is 0 Å². The normalized spacial score (nSPS) is 7.78. The maximum absolute atomic E-state index is 6.96. The van der Waals surface area contributed by atoms with Crippen LogP contribution < -0.4 is 5.73 Å². The van der Waals surface area contributed by atoms with Gasteiger partial charge in [0.2, 0.25) is 0 Å². The average Bonchev–Trinajstić information content (AvgIpc) is 1.69. The first-order valence-electron chi connectivity index (χ1n) is 2.81. The van der Waals surface area contributed by atoms with Crippen molar-refractivity contribution in [1.82, 2.24) is 4.90 Å². The van der Waals surface area contributed by atoms with Crippen molar-refractivity contribution in [3.05, 3.63) is 0 Å². The van der Waals surface area contributed by atoms with Crippen LogP contribution in [0, 0.1) is 5.41 Å². The zero-order chi connectivity index (χ0) is 6.57. The molecule has 0 spiro atoms. The fourth-order valence-corrected chi connectivity index (χ4v) is 0.564. The fraction of sp³-hybridized carbons (Fsp3) is 0.800. The van der Waals surface area contributed by atoms with Crippen LogP contribution in [0.5, 0.6) is 0 Å². The minimum Gasteiger partial charge on any atom is -0.370 e. The van der Waals surface area contributed by atoms with Crippen LogP contribution in [0.25, 0.3) is 0 Å². The topological polar surface area (TPSA) is 53.1 Å². The molecule has 0 amide bonds. The predicted octanol–water partition coefficient (Wildman–Crippen LogP) is 0.643. The van der Waals surface area contributed by atoms with E-state index in [1.165, 1.54) is 0 Å². The van der Waals surface area contributed by atoms with Crippen LogP contribution in [0.15, 0.2) is 0 Å². The van der Waals surface area contributed by atoms with Gasteiger partial charge in [-0.25, -0.2) is 0 Å². The van der Waals surface area contributed by atoms with Crippen molar-refractivity contribution in [2.75, 3.05) is 13.1 Å². The average molecular weight is 152 g/mol. The number of rotatable bonds is 2. The van der Waals surface area contributed by atoms with Gasteiger partial charge < -0.3 is 10.6 Å². The van der Waals surface area contributed by atoms with Crippen molar-refractivity contribution < 1.29 is 0 Å². The number of halogens is 1. The molecule has 0 aromatic rings. The summed E-state index contributed by atoms with van der Waals surface area (Å²) in [5.41, 5.74) is 5.17. The van der Waals surface area contributed by atoms with E-state index in [2.05, 4.69) is 0 Å². The summed E-state index contributed by atoms with van der Waals surface area (Å²) in [6, 6.07) is 0. The third-order valence-electron chi connectivity index (χ3n) is 1.10. The van der Waals surface area contributed by atoms with Gasteiger partial charge in [-0.3, -0.25) is 5.41 Å². The summed E-state index contributed by atoms with van der Waals surface area (Å²) in [6.45, 7) is 5.60. The second-order valence-corrected chi connectivity index (χ2v) is 1.56. The van der Waals surface area contributed by atoms with Crippen LogP contribution >= 0.6 is 12.4 Å². The van der Waals surface area contributed by atoms with Gasteiger partial charge in [-0.05, 0) is 13.8 Å². The highest BCUT2D eigenvalue weighted by Crippen LogP contribution is 1.81. The number of hydrogen-bond donors (Lipinski definition) is 2. The summed E-state index contributed by atoms with van der Waals surface area (Å²) in [5.74, 6) is 0.162. The monoisotopic (exact) mass is 151 g/mol. The zero-order valence-electron chi connectivity index (χ0n) is 5.85. The number of hydrogen-bond acceptors (Lipinski definition) is 1. The van der Waals surface area contributed by atoms with Gasteiger partial charge in [0.05, 0.1) is 0 Å². The predicted molar refractivity (Wildman–Crippen MR) is 42.1 cm³/mol. The molecule has 0 aromatic carbocycles. The van der Waals surface area contributed by atoms with Gasteiger partial charge in [-0.15, -0.1) is 12.4 Å². The highest BCUT2D eigenvalue weighted by atomic mass is 35.5. The summed E-state index contributed by atoms with van der Waals surface area (Å²) in [5, 5.41) is 6.96. The molecule has 3 nitrogen and oxygen atoms in total. The molecule has 4 heteroatoms. The molecule has 56 valence electrons. The van der Waals surface area contributed by atoms with Gasteiger partial charge >= 0.3 is 0 Å². The molecule has 0 aliphatic carbocycles. The van der Waals surface area contributed by atoms with Gasteiger partial charge in [0.1, 0.15) is 0 Å². The molecule has 0 aliphatic heterocycles. The van der Waals surface area contributed by atoms with Gasteiger partial charge in [-0.2, -0.15) is 0 Å². The van der Waals surface area contributed by atoms with E-state index in [4.69, 9.17) is 11.1 Å². The lowest BCUT2D eigenvalue weighted by Gasteiger charge is -2.16. The second kappa shape index (κ2) is 5.69. The molecule has 3 N–H and O–H groups in total. The maximum Gasteiger partial charge on any atom is 0.188 e. The zero-order valence-corrected chi connectivity index (χ0v) is 6.66. The molecule has 0 fully saturated rings. The highest BCUT2D eigenvalue weighted by Gasteiger charge is 1.96.